The summed E-state index contributed by atoms with van der Waals surface area (Å²) in [5.41, 5.74) is 10.1. The zero-order valence-electron chi connectivity index (χ0n) is 21.8. The first-order valence-corrected chi connectivity index (χ1v) is 12.7. The summed E-state index contributed by atoms with van der Waals surface area (Å²) >= 11 is 0. The van der Waals surface area contributed by atoms with Gasteiger partial charge in [0.2, 0.25) is 0 Å². The summed E-state index contributed by atoms with van der Waals surface area (Å²) in [7, 11) is 2.05. The van der Waals surface area contributed by atoms with Crippen LogP contribution in [0, 0.1) is 11.8 Å². The zero-order valence-corrected chi connectivity index (χ0v) is 23.4. The lowest BCUT2D eigenvalue weighted by Crippen LogP contribution is -2.42. The van der Waals surface area contributed by atoms with Crippen LogP contribution in [0.3, 0.4) is 0 Å². The van der Waals surface area contributed by atoms with Gasteiger partial charge in [0, 0.05) is 60.6 Å². The molecular weight excluding hydrogens is 523 g/mol. The average molecular weight is 560 g/mol. The van der Waals surface area contributed by atoms with Crippen molar-refractivity contribution in [2.75, 3.05) is 19.8 Å². The van der Waals surface area contributed by atoms with Gasteiger partial charge < -0.3 is 24.8 Å². The number of fused-ring (bicyclic) bond motifs is 3. The second-order valence-corrected chi connectivity index (χ2v) is 9.85. The lowest BCUT2D eigenvalue weighted by Gasteiger charge is -2.33. The third-order valence-electron chi connectivity index (χ3n) is 7.71. The molecule has 0 bridgehead atoms. The maximum atomic E-state index is 13.5. The summed E-state index contributed by atoms with van der Waals surface area (Å²) in [5, 5.41) is 1.05. The Bertz CT molecular complexity index is 1290. The van der Waals surface area contributed by atoms with Crippen LogP contribution in [-0.4, -0.2) is 52.1 Å². The van der Waals surface area contributed by atoms with E-state index in [0.717, 1.165) is 40.6 Å². The molecule has 1 aromatic heterocycles. The van der Waals surface area contributed by atoms with Crippen LogP contribution < -0.4 is 5.73 Å². The molecule has 3 unspecified atom stereocenters. The van der Waals surface area contributed by atoms with Crippen LogP contribution in [0.4, 0.5) is 0 Å². The smallest absolute Gasteiger partial charge is 0.312 e. The number of aromatic nitrogens is 1. The van der Waals surface area contributed by atoms with Gasteiger partial charge in [-0.1, -0.05) is 48.5 Å². The number of nitrogens with zero attached hydrogens (tertiary/aromatic N) is 3. The molecule has 0 fully saturated rings. The van der Waals surface area contributed by atoms with Gasteiger partial charge in [-0.2, -0.15) is 0 Å². The highest BCUT2D eigenvalue weighted by molar-refractivity contribution is 6.11. The Morgan fingerprint density at radius 2 is 1.74 bits per heavy atom. The van der Waals surface area contributed by atoms with Gasteiger partial charge in [0.1, 0.15) is 6.17 Å². The van der Waals surface area contributed by atoms with Crippen molar-refractivity contribution in [1.29, 1.82) is 0 Å². The van der Waals surface area contributed by atoms with Crippen LogP contribution in [0.5, 0.6) is 0 Å². The number of halogens is 2. The number of benzene rings is 2. The van der Waals surface area contributed by atoms with Gasteiger partial charge in [-0.05, 0) is 37.8 Å². The minimum atomic E-state index is -0.375. The van der Waals surface area contributed by atoms with Gasteiger partial charge in [-0.25, -0.2) is 0 Å². The summed E-state index contributed by atoms with van der Waals surface area (Å²) in [5.74, 6) is -0.498. The van der Waals surface area contributed by atoms with Crippen LogP contribution in [-0.2, 0) is 29.4 Å². The number of ether oxygens (including phenoxy) is 1. The number of hydrogen-bond acceptors (Lipinski definition) is 6. The summed E-state index contributed by atoms with van der Waals surface area (Å²) in [4.78, 5) is 30.4. The number of carbonyl (C=O) groups is 2. The molecule has 2 heterocycles. The van der Waals surface area contributed by atoms with Gasteiger partial charge >= 0.3 is 5.97 Å². The lowest BCUT2D eigenvalue weighted by molar-refractivity contribution is -0.153. The summed E-state index contributed by atoms with van der Waals surface area (Å²) < 4.78 is 7.80. The lowest BCUT2D eigenvalue weighted by atomic mass is 9.84. The Morgan fingerprint density at radius 1 is 1.05 bits per heavy atom. The monoisotopic (exact) mass is 558 g/mol. The molecule has 0 saturated heterocycles. The normalized spacial score (nSPS) is 19.1. The van der Waals surface area contributed by atoms with Crippen molar-refractivity contribution in [3.8, 4) is 0 Å². The summed E-state index contributed by atoms with van der Waals surface area (Å²) in [6, 6.07) is 18.0. The molecule has 7 nitrogen and oxygen atoms in total. The highest BCUT2D eigenvalue weighted by Crippen LogP contribution is 2.34. The van der Waals surface area contributed by atoms with Crippen molar-refractivity contribution in [3.05, 3.63) is 83.8 Å². The number of nitrogens with two attached hydrogens (primary N) is 1. The van der Waals surface area contributed by atoms with Gasteiger partial charge in [0.15, 0.2) is 12.5 Å². The summed E-state index contributed by atoms with van der Waals surface area (Å²) in [6.07, 6.45) is 6.21. The van der Waals surface area contributed by atoms with Crippen molar-refractivity contribution in [2.24, 2.45) is 24.6 Å². The molecule has 2 N–H and O–H groups in total. The van der Waals surface area contributed by atoms with E-state index in [-0.39, 0.29) is 67.8 Å². The first-order valence-electron chi connectivity index (χ1n) is 12.7. The van der Waals surface area contributed by atoms with Crippen LogP contribution in [0.1, 0.15) is 35.0 Å². The number of carbonyl (C=O) groups excluding carboxylic acids is 2. The van der Waals surface area contributed by atoms with Gasteiger partial charge in [0.05, 0.1) is 5.92 Å². The van der Waals surface area contributed by atoms with E-state index < -0.39 is 0 Å². The molecule has 0 spiro atoms. The first-order chi connectivity index (χ1) is 17.5. The average Bonchev–Trinajstić information content (AvgIpc) is 3.40. The molecule has 5 rings (SSSR count). The van der Waals surface area contributed by atoms with E-state index >= 15 is 0 Å². The fraction of sp³-hybridized carbons (Fsp3) is 0.379. The van der Waals surface area contributed by atoms with Crippen LogP contribution >= 0.6 is 24.8 Å². The Labute approximate surface area is 236 Å². The first kappa shape index (κ1) is 29.6. The number of para-hydroxylation sites is 1. The molecule has 1 aliphatic heterocycles. The third-order valence-corrected chi connectivity index (χ3v) is 7.71. The van der Waals surface area contributed by atoms with E-state index in [4.69, 9.17) is 10.5 Å². The fourth-order valence-electron chi connectivity index (χ4n) is 5.48. The zero-order chi connectivity index (χ0) is 25.2. The molecule has 0 saturated carbocycles. The summed E-state index contributed by atoms with van der Waals surface area (Å²) in [6.45, 7) is 3.10. The predicted molar refractivity (Wildman–Crippen MR) is 154 cm³/mol. The minimum Gasteiger partial charge on any atom is -0.444 e. The SMILES string of the molecule is CC1N(COC(=O)C(CN)Cc2ccccc2)C=CN1CC1CCc2c(c3ccccc3n2C)C1=O.Cl.Cl. The van der Waals surface area contributed by atoms with Crippen molar-refractivity contribution >= 4 is 47.5 Å². The molecule has 3 aromatic rings. The van der Waals surface area contributed by atoms with Gasteiger partial charge in [-0.15, -0.1) is 24.8 Å². The largest absolute Gasteiger partial charge is 0.444 e. The standard InChI is InChI=1S/C29H34N4O3.2ClH/c1-20-32(14-15-33(20)19-36-29(35)23(17-30)16-21-8-4-3-5-9-21)18-22-12-13-26-27(28(22)34)24-10-6-7-11-25(24)31(26)2;;/h3-11,14-15,20,22-23H,12-13,16-19,30H2,1-2H3;2*1H. The number of aryl methyl sites for hydroxylation is 1. The predicted octanol–water partition coefficient (Wildman–Crippen LogP) is 4.52. The molecule has 204 valence electrons. The van der Waals surface area contributed by atoms with E-state index in [9.17, 15) is 9.59 Å². The van der Waals surface area contributed by atoms with E-state index in [1.807, 2.05) is 66.8 Å². The van der Waals surface area contributed by atoms with Crippen molar-refractivity contribution in [1.82, 2.24) is 14.4 Å². The Morgan fingerprint density at radius 3 is 2.47 bits per heavy atom. The highest BCUT2D eigenvalue weighted by atomic mass is 35.5. The number of rotatable bonds is 8. The Hall–Kier alpha value is -3.00. The highest BCUT2D eigenvalue weighted by Gasteiger charge is 2.35. The van der Waals surface area contributed by atoms with E-state index in [0.29, 0.717) is 13.0 Å². The van der Waals surface area contributed by atoms with E-state index in [2.05, 4.69) is 28.5 Å². The van der Waals surface area contributed by atoms with Gasteiger partial charge in [0.25, 0.3) is 0 Å². The van der Waals surface area contributed by atoms with Crippen LogP contribution in [0.15, 0.2) is 67.0 Å². The second kappa shape index (κ2) is 12.7. The topological polar surface area (TPSA) is 80.8 Å². The quantitative estimate of drug-likeness (QED) is 0.409. The maximum absolute atomic E-state index is 13.5. The van der Waals surface area contributed by atoms with Crippen LogP contribution in [0.25, 0.3) is 10.9 Å². The maximum Gasteiger partial charge on any atom is 0.312 e. The molecule has 0 amide bonds. The van der Waals surface area contributed by atoms with Gasteiger partial charge in [-0.3, -0.25) is 9.59 Å². The molecule has 38 heavy (non-hydrogen) atoms. The van der Waals surface area contributed by atoms with Crippen LogP contribution in [0.2, 0.25) is 0 Å². The minimum absolute atomic E-state index is 0. The molecule has 1 aliphatic carbocycles. The number of esters is 1. The van der Waals surface area contributed by atoms with Crippen molar-refractivity contribution in [3.63, 3.8) is 0 Å². The molecule has 3 atom stereocenters. The molecule has 2 aliphatic rings. The number of ketones is 1. The molecular formula is C29H36Cl2N4O3. The fourth-order valence-corrected chi connectivity index (χ4v) is 5.48. The number of Topliss-reactive ketones (excluding diaryl/α,β-unsaturated/α-hetero) is 1. The van der Waals surface area contributed by atoms with E-state index in [1.165, 1.54) is 0 Å². The molecule has 2 aromatic carbocycles. The van der Waals surface area contributed by atoms with E-state index in [1.54, 1.807) is 0 Å². The Kier molecular flexibility index (Phi) is 9.88. The van der Waals surface area contributed by atoms with Crippen molar-refractivity contribution < 1.29 is 14.3 Å². The second-order valence-electron chi connectivity index (χ2n) is 9.85. The molecule has 9 heteroatoms. The Balaban J connectivity index is 0.00000200. The van der Waals surface area contributed by atoms with Crippen molar-refractivity contribution in [2.45, 2.75) is 32.4 Å². The molecule has 0 radical (unpaired) electrons. The third kappa shape index (κ3) is 5.70. The number of hydrogen-bond donors (Lipinski definition) is 1.